The van der Waals surface area contributed by atoms with Gasteiger partial charge in [0, 0.05) is 16.3 Å². The largest absolute Gasteiger partial charge is 0.490 e. The summed E-state index contributed by atoms with van der Waals surface area (Å²) in [4.78, 5) is 11.2. The first-order valence-corrected chi connectivity index (χ1v) is 10.3. The Morgan fingerprint density at radius 2 is 2.00 bits per heavy atom. The smallest absolute Gasteiger partial charge is 0.321 e. The number of carboxylic acid groups (broad SMARTS) is 1. The van der Waals surface area contributed by atoms with Crippen molar-refractivity contribution in [3.8, 4) is 11.5 Å². The van der Waals surface area contributed by atoms with E-state index < -0.39 is 12.0 Å². The maximum Gasteiger partial charge on any atom is 0.321 e. The van der Waals surface area contributed by atoms with Crippen molar-refractivity contribution in [1.82, 2.24) is 5.32 Å². The minimum atomic E-state index is -0.888. The SMILES string of the molecule is O=C(O)C1CSC(c2cc(Cl)cc(Br)c2OCCOc2ccc(F)cc2)N1. The standard InChI is InChI=1S/C18H16BrClFNO4S/c19-14-8-10(20)7-13(17-22-15(9-27-17)18(23)24)16(14)26-6-5-25-12-3-1-11(21)2-4-12/h1-4,7-8,15,17,22H,5-6,9H2,(H,23,24). The second-order valence-electron chi connectivity index (χ2n) is 5.73. The van der Waals surface area contributed by atoms with Crippen LogP contribution < -0.4 is 14.8 Å². The van der Waals surface area contributed by atoms with E-state index >= 15 is 0 Å². The Hall–Kier alpha value is -1.48. The normalized spacial score (nSPS) is 19.1. The van der Waals surface area contributed by atoms with E-state index in [-0.39, 0.29) is 24.4 Å². The fourth-order valence-electron chi connectivity index (χ4n) is 2.55. The van der Waals surface area contributed by atoms with Gasteiger partial charge in [0.15, 0.2) is 0 Å². The summed E-state index contributed by atoms with van der Waals surface area (Å²) in [7, 11) is 0. The Labute approximate surface area is 173 Å². The molecule has 1 aliphatic rings. The van der Waals surface area contributed by atoms with E-state index in [0.29, 0.717) is 26.7 Å². The van der Waals surface area contributed by atoms with E-state index in [1.54, 1.807) is 24.3 Å². The molecular formula is C18H16BrClFNO4S. The molecule has 5 nitrogen and oxygen atoms in total. The molecule has 0 aromatic heterocycles. The van der Waals surface area contributed by atoms with E-state index in [4.69, 9.17) is 21.1 Å². The Kier molecular flexibility index (Phi) is 6.86. The van der Waals surface area contributed by atoms with E-state index in [9.17, 15) is 14.3 Å². The van der Waals surface area contributed by atoms with Crippen molar-refractivity contribution in [2.75, 3.05) is 19.0 Å². The second-order valence-corrected chi connectivity index (χ2v) is 8.16. The third-order valence-corrected chi connectivity index (χ3v) is 5.87. The predicted molar refractivity (Wildman–Crippen MR) is 106 cm³/mol. The number of thioether (sulfide) groups is 1. The van der Waals surface area contributed by atoms with Crippen molar-refractivity contribution < 1.29 is 23.8 Å². The van der Waals surface area contributed by atoms with Gasteiger partial charge >= 0.3 is 5.97 Å². The average molecular weight is 477 g/mol. The van der Waals surface area contributed by atoms with Gasteiger partial charge in [0.25, 0.3) is 0 Å². The topological polar surface area (TPSA) is 67.8 Å². The molecule has 2 aromatic rings. The summed E-state index contributed by atoms with van der Waals surface area (Å²) in [6.07, 6.45) is 0. The molecule has 144 valence electrons. The minimum absolute atomic E-state index is 0.242. The minimum Gasteiger partial charge on any atom is -0.490 e. The van der Waals surface area contributed by atoms with Gasteiger partial charge in [0.1, 0.15) is 36.6 Å². The van der Waals surface area contributed by atoms with E-state index in [1.165, 1.54) is 23.9 Å². The third kappa shape index (κ3) is 5.28. The molecule has 1 aliphatic heterocycles. The molecule has 2 aromatic carbocycles. The monoisotopic (exact) mass is 475 g/mol. The molecule has 1 fully saturated rings. The number of nitrogens with one attached hydrogen (secondary N) is 1. The summed E-state index contributed by atoms with van der Waals surface area (Å²) in [5.74, 6) is 0.374. The van der Waals surface area contributed by atoms with Crippen LogP contribution in [0.1, 0.15) is 10.9 Å². The number of hydrogen-bond acceptors (Lipinski definition) is 5. The van der Waals surface area contributed by atoms with Crippen LogP contribution >= 0.6 is 39.3 Å². The van der Waals surface area contributed by atoms with Crippen molar-refractivity contribution in [2.45, 2.75) is 11.4 Å². The van der Waals surface area contributed by atoms with E-state index in [1.807, 2.05) is 0 Å². The summed E-state index contributed by atoms with van der Waals surface area (Å²) in [5, 5.41) is 12.5. The lowest BCUT2D eigenvalue weighted by Gasteiger charge is -2.19. The Morgan fingerprint density at radius 3 is 2.67 bits per heavy atom. The zero-order valence-corrected chi connectivity index (χ0v) is 17.1. The molecule has 2 N–H and O–H groups in total. The molecule has 1 saturated heterocycles. The van der Waals surface area contributed by atoms with Crippen LogP contribution in [0.2, 0.25) is 5.02 Å². The van der Waals surface area contributed by atoms with Gasteiger partial charge in [-0.05, 0) is 52.3 Å². The molecule has 9 heteroatoms. The summed E-state index contributed by atoms with van der Waals surface area (Å²) in [5.41, 5.74) is 0.768. The number of halogens is 3. The highest BCUT2D eigenvalue weighted by Gasteiger charge is 2.32. The third-order valence-electron chi connectivity index (χ3n) is 3.81. The molecule has 2 unspecified atom stereocenters. The van der Waals surface area contributed by atoms with Gasteiger partial charge in [0.2, 0.25) is 0 Å². The predicted octanol–water partition coefficient (Wildman–Crippen LogP) is 4.49. The number of benzene rings is 2. The fraction of sp³-hybridized carbons (Fsp3) is 0.278. The highest BCUT2D eigenvalue weighted by molar-refractivity contribution is 9.10. The lowest BCUT2D eigenvalue weighted by Crippen LogP contribution is -2.33. The summed E-state index contributed by atoms with van der Waals surface area (Å²) in [6.45, 7) is 0.521. The molecule has 27 heavy (non-hydrogen) atoms. The zero-order chi connectivity index (χ0) is 19.4. The quantitative estimate of drug-likeness (QED) is 0.574. The number of hydrogen-bond donors (Lipinski definition) is 2. The molecule has 0 amide bonds. The van der Waals surface area contributed by atoms with Crippen molar-refractivity contribution in [3.63, 3.8) is 0 Å². The lowest BCUT2D eigenvalue weighted by molar-refractivity contribution is -0.138. The number of rotatable bonds is 7. The van der Waals surface area contributed by atoms with E-state index in [0.717, 1.165) is 5.56 Å². The van der Waals surface area contributed by atoms with Crippen molar-refractivity contribution in [1.29, 1.82) is 0 Å². The zero-order valence-electron chi connectivity index (χ0n) is 14.0. The van der Waals surface area contributed by atoms with Crippen molar-refractivity contribution in [2.24, 2.45) is 0 Å². The van der Waals surface area contributed by atoms with Crippen LogP contribution in [-0.4, -0.2) is 36.1 Å². The number of carbonyl (C=O) groups is 1. The van der Waals surface area contributed by atoms with Crippen LogP contribution in [0, 0.1) is 5.82 Å². The summed E-state index contributed by atoms with van der Waals surface area (Å²) >= 11 is 11.1. The first-order chi connectivity index (χ1) is 12.9. The number of carboxylic acids is 1. The van der Waals surface area contributed by atoms with Crippen molar-refractivity contribution >= 4 is 45.3 Å². The highest BCUT2D eigenvalue weighted by Crippen LogP contribution is 2.42. The molecule has 3 rings (SSSR count). The van der Waals surface area contributed by atoms with Gasteiger partial charge in [-0.25, -0.2) is 4.39 Å². The van der Waals surface area contributed by atoms with Gasteiger partial charge in [-0.15, -0.1) is 11.8 Å². The maximum atomic E-state index is 12.9. The van der Waals surface area contributed by atoms with Crippen LogP contribution in [-0.2, 0) is 4.79 Å². The number of ether oxygens (including phenoxy) is 2. The molecule has 0 spiro atoms. The van der Waals surface area contributed by atoms with E-state index in [2.05, 4.69) is 21.2 Å². The Morgan fingerprint density at radius 1 is 1.30 bits per heavy atom. The molecule has 0 bridgehead atoms. The average Bonchev–Trinajstić information content (AvgIpc) is 3.11. The molecule has 1 heterocycles. The van der Waals surface area contributed by atoms with Gasteiger partial charge in [-0.1, -0.05) is 11.6 Å². The van der Waals surface area contributed by atoms with Crippen molar-refractivity contribution in [3.05, 3.63) is 57.3 Å². The van der Waals surface area contributed by atoms with Gasteiger partial charge in [0.05, 0.1) is 9.85 Å². The molecule has 2 atom stereocenters. The number of aliphatic carboxylic acids is 1. The second kappa shape index (κ2) is 9.14. The molecule has 0 saturated carbocycles. The molecule has 0 aliphatic carbocycles. The van der Waals surface area contributed by atoms with Crippen LogP contribution in [0.25, 0.3) is 0 Å². The Bertz CT molecular complexity index is 824. The van der Waals surface area contributed by atoms with Gasteiger partial charge < -0.3 is 14.6 Å². The first-order valence-electron chi connectivity index (χ1n) is 8.04. The van der Waals surface area contributed by atoms with Crippen LogP contribution in [0.4, 0.5) is 4.39 Å². The molecular weight excluding hydrogens is 461 g/mol. The Balaban J connectivity index is 1.65. The summed E-state index contributed by atoms with van der Waals surface area (Å²) < 4.78 is 25.0. The highest BCUT2D eigenvalue weighted by atomic mass is 79.9. The van der Waals surface area contributed by atoms with Crippen LogP contribution in [0.3, 0.4) is 0 Å². The molecule has 0 radical (unpaired) electrons. The van der Waals surface area contributed by atoms with Gasteiger partial charge in [-0.2, -0.15) is 0 Å². The fourth-order valence-corrected chi connectivity index (χ4v) is 4.74. The lowest BCUT2D eigenvalue weighted by atomic mass is 10.2. The first kappa shape index (κ1) is 20.3. The van der Waals surface area contributed by atoms with Crippen LogP contribution in [0.15, 0.2) is 40.9 Å². The van der Waals surface area contributed by atoms with Crippen LogP contribution in [0.5, 0.6) is 11.5 Å². The maximum absolute atomic E-state index is 12.9. The summed E-state index contributed by atoms with van der Waals surface area (Å²) in [6, 6.07) is 8.60. The van der Waals surface area contributed by atoms with Gasteiger partial charge in [-0.3, -0.25) is 10.1 Å².